The summed E-state index contributed by atoms with van der Waals surface area (Å²) in [6.07, 6.45) is 6.96. The molecule has 0 aliphatic carbocycles. The quantitative estimate of drug-likeness (QED) is 0.744. The Morgan fingerprint density at radius 3 is 2.29 bits per heavy atom. The molecule has 0 aromatic rings. The summed E-state index contributed by atoms with van der Waals surface area (Å²) in [7, 11) is 3.66. The zero-order chi connectivity index (χ0) is 15.9. The van der Waals surface area contributed by atoms with Gasteiger partial charge in [0.25, 0.3) is 0 Å². The van der Waals surface area contributed by atoms with E-state index in [-0.39, 0.29) is 5.91 Å². The van der Waals surface area contributed by atoms with Gasteiger partial charge in [-0.05, 0) is 31.9 Å². The van der Waals surface area contributed by atoms with E-state index in [1.165, 1.54) is 12.8 Å². The standard InChI is InChI=1S/C16H33N3OS/c1-6-16(7-2,21-5)13-17-14-8-10-19(11-9-14)12-15(20)18(3)4/h14,17H,6-13H2,1-5H3. The molecule has 124 valence electrons. The average molecular weight is 316 g/mol. The smallest absolute Gasteiger partial charge is 0.236 e. The van der Waals surface area contributed by atoms with Crippen molar-refractivity contribution in [2.75, 3.05) is 46.5 Å². The van der Waals surface area contributed by atoms with Crippen LogP contribution in [0.1, 0.15) is 39.5 Å². The van der Waals surface area contributed by atoms with E-state index < -0.39 is 0 Å². The zero-order valence-electron chi connectivity index (χ0n) is 14.4. The molecule has 0 atom stereocenters. The van der Waals surface area contributed by atoms with Gasteiger partial charge < -0.3 is 10.2 Å². The number of likely N-dealkylation sites (N-methyl/N-ethyl adjacent to an activating group) is 1. The minimum atomic E-state index is 0.208. The molecule has 4 nitrogen and oxygen atoms in total. The summed E-state index contributed by atoms with van der Waals surface area (Å²) >= 11 is 2.00. The molecule has 1 amide bonds. The van der Waals surface area contributed by atoms with E-state index in [1.807, 2.05) is 25.9 Å². The lowest BCUT2D eigenvalue weighted by atomic mass is 9.99. The molecule has 0 unspecified atom stereocenters. The molecule has 21 heavy (non-hydrogen) atoms. The highest BCUT2D eigenvalue weighted by molar-refractivity contribution is 8.00. The van der Waals surface area contributed by atoms with Gasteiger partial charge >= 0.3 is 0 Å². The number of hydrogen-bond acceptors (Lipinski definition) is 4. The van der Waals surface area contributed by atoms with Crippen molar-refractivity contribution in [2.45, 2.75) is 50.3 Å². The number of amides is 1. The molecule has 1 fully saturated rings. The highest BCUT2D eigenvalue weighted by Crippen LogP contribution is 2.30. The summed E-state index contributed by atoms with van der Waals surface area (Å²) in [4.78, 5) is 15.7. The lowest BCUT2D eigenvalue weighted by Crippen LogP contribution is -2.48. The molecule has 1 N–H and O–H groups in total. The molecule has 0 saturated carbocycles. The van der Waals surface area contributed by atoms with E-state index in [0.717, 1.165) is 32.5 Å². The number of thioether (sulfide) groups is 1. The van der Waals surface area contributed by atoms with Gasteiger partial charge in [-0.1, -0.05) is 13.8 Å². The fourth-order valence-electron chi connectivity index (χ4n) is 2.82. The molecule has 0 spiro atoms. The fraction of sp³-hybridized carbons (Fsp3) is 0.938. The monoisotopic (exact) mass is 315 g/mol. The van der Waals surface area contributed by atoms with Crippen molar-refractivity contribution in [1.29, 1.82) is 0 Å². The lowest BCUT2D eigenvalue weighted by Gasteiger charge is -2.36. The predicted molar refractivity (Wildman–Crippen MR) is 93.0 cm³/mol. The lowest BCUT2D eigenvalue weighted by molar-refractivity contribution is -0.130. The Hall–Kier alpha value is -0.260. The third-order valence-electron chi connectivity index (χ3n) is 4.88. The van der Waals surface area contributed by atoms with Crippen LogP contribution in [0.5, 0.6) is 0 Å². The van der Waals surface area contributed by atoms with E-state index in [4.69, 9.17) is 0 Å². The summed E-state index contributed by atoms with van der Waals surface area (Å²) in [5.74, 6) is 0.208. The van der Waals surface area contributed by atoms with Gasteiger partial charge in [0.1, 0.15) is 0 Å². The third kappa shape index (κ3) is 5.80. The minimum absolute atomic E-state index is 0.208. The van der Waals surface area contributed by atoms with Crippen LogP contribution < -0.4 is 5.32 Å². The number of carbonyl (C=O) groups is 1. The van der Waals surface area contributed by atoms with Crippen molar-refractivity contribution in [3.8, 4) is 0 Å². The van der Waals surface area contributed by atoms with Gasteiger partial charge in [0.05, 0.1) is 6.54 Å². The van der Waals surface area contributed by atoms with Crippen LogP contribution in [0.2, 0.25) is 0 Å². The Bertz CT molecular complexity index is 302. The largest absolute Gasteiger partial charge is 0.348 e. The molecule has 0 bridgehead atoms. The number of nitrogens with one attached hydrogen (secondary N) is 1. The van der Waals surface area contributed by atoms with Crippen LogP contribution in [0.25, 0.3) is 0 Å². The zero-order valence-corrected chi connectivity index (χ0v) is 15.3. The Morgan fingerprint density at radius 1 is 1.29 bits per heavy atom. The van der Waals surface area contributed by atoms with E-state index >= 15 is 0 Å². The SMILES string of the molecule is CCC(CC)(CNC1CCN(CC(=O)N(C)C)CC1)SC. The summed E-state index contributed by atoms with van der Waals surface area (Å²) in [5.41, 5.74) is 0. The third-order valence-corrected chi connectivity index (χ3v) is 6.47. The first-order valence-corrected chi connectivity index (χ1v) is 9.40. The van der Waals surface area contributed by atoms with E-state index in [2.05, 4.69) is 30.3 Å². The number of likely N-dealkylation sites (tertiary alicyclic amines) is 1. The summed E-state index contributed by atoms with van der Waals surface area (Å²) < 4.78 is 0.387. The second-order valence-corrected chi connectivity index (χ2v) is 7.59. The van der Waals surface area contributed by atoms with Crippen LogP contribution in [0.4, 0.5) is 0 Å². The maximum absolute atomic E-state index is 11.7. The van der Waals surface area contributed by atoms with Crippen LogP contribution in [0, 0.1) is 0 Å². The first-order chi connectivity index (χ1) is 9.96. The summed E-state index contributed by atoms with van der Waals surface area (Å²) in [6, 6.07) is 0.611. The molecule has 1 aliphatic rings. The first kappa shape index (κ1) is 18.8. The Morgan fingerprint density at radius 2 is 1.86 bits per heavy atom. The van der Waals surface area contributed by atoms with Gasteiger partial charge in [0.15, 0.2) is 0 Å². The number of hydrogen-bond donors (Lipinski definition) is 1. The van der Waals surface area contributed by atoms with E-state index in [9.17, 15) is 4.79 Å². The molecule has 0 aromatic heterocycles. The number of rotatable bonds is 8. The van der Waals surface area contributed by atoms with Crippen molar-refractivity contribution in [2.24, 2.45) is 0 Å². The Kier molecular flexibility index (Phi) is 8.06. The molecule has 5 heteroatoms. The van der Waals surface area contributed by atoms with Gasteiger partial charge in [-0.25, -0.2) is 0 Å². The summed E-state index contributed by atoms with van der Waals surface area (Å²) in [5, 5.41) is 3.77. The predicted octanol–water partition coefficient (Wildman–Crippen LogP) is 2.05. The number of carbonyl (C=O) groups excluding carboxylic acids is 1. The minimum Gasteiger partial charge on any atom is -0.348 e. The van der Waals surface area contributed by atoms with E-state index in [1.54, 1.807) is 4.90 Å². The van der Waals surface area contributed by atoms with Crippen LogP contribution >= 0.6 is 11.8 Å². The molecule has 0 aromatic carbocycles. The topological polar surface area (TPSA) is 35.6 Å². The van der Waals surface area contributed by atoms with Gasteiger partial charge in [0.2, 0.25) is 5.91 Å². The van der Waals surface area contributed by atoms with E-state index in [0.29, 0.717) is 17.3 Å². The van der Waals surface area contributed by atoms with Crippen LogP contribution in [0.15, 0.2) is 0 Å². The molecule has 0 radical (unpaired) electrons. The second kappa shape index (κ2) is 9.01. The maximum atomic E-state index is 11.7. The Labute approximate surface area is 135 Å². The fourth-order valence-corrected chi connectivity index (χ4v) is 3.62. The second-order valence-electron chi connectivity index (χ2n) is 6.31. The highest BCUT2D eigenvalue weighted by Gasteiger charge is 2.27. The molecule has 1 rings (SSSR count). The molecule has 1 heterocycles. The van der Waals surface area contributed by atoms with Crippen molar-refractivity contribution < 1.29 is 4.79 Å². The van der Waals surface area contributed by atoms with Crippen LogP contribution in [-0.2, 0) is 4.79 Å². The molecular formula is C16H33N3OS. The molecule has 1 aliphatic heterocycles. The molecule has 1 saturated heterocycles. The first-order valence-electron chi connectivity index (χ1n) is 8.17. The van der Waals surface area contributed by atoms with Crippen molar-refractivity contribution in [3.63, 3.8) is 0 Å². The molecular weight excluding hydrogens is 282 g/mol. The maximum Gasteiger partial charge on any atom is 0.236 e. The highest BCUT2D eigenvalue weighted by atomic mass is 32.2. The van der Waals surface area contributed by atoms with Crippen molar-refractivity contribution in [3.05, 3.63) is 0 Å². The Balaban J connectivity index is 2.32. The normalized spacial score (nSPS) is 18.0. The average Bonchev–Trinajstić information content (AvgIpc) is 2.50. The summed E-state index contributed by atoms with van der Waals surface area (Å²) in [6.45, 7) is 8.30. The van der Waals surface area contributed by atoms with Crippen LogP contribution in [0.3, 0.4) is 0 Å². The van der Waals surface area contributed by atoms with Crippen LogP contribution in [-0.4, -0.2) is 73.0 Å². The van der Waals surface area contributed by atoms with Gasteiger partial charge in [-0.15, -0.1) is 0 Å². The van der Waals surface area contributed by atoms with Crippen molar-refractivity contribution in [1.82, 2.24) is 15.1 Å². The van der Waals surface area contributed by atoms with Gasteiger partial charge in [-0.3, -0.25) is 9.69 Å². The number of nitrogens with zero attached hydrogens (tertiary/aromatic N) is 2. The van der Waals surface area contributed by atoms with Gasteiger partial charge in [0, 0.05) is 44.5 Å². The number of piperidine rings is 1. The van der Waals surface area contributed by atoms with Crippen molar-refractivity contribution >= 4 is 17.7 Å². The van der Waals surface area contributed by atoms with Gasteiger partial charge in [-0.2, -0.15) is 11.8 Å².